The molecule has 1 saturated carbocycles. The van der Waals surface area contributed by atoms with E-state index >= 15 is 0 Å². The summed E-state index contributed by atoms with van der Waals surface area (Å²) in [6.07, 6.45) is 4.61. The predicted octanol–water partition coefficient (Wildman–Crippen LogP) is 0.891. The van der Waals surface area contributed by atoms with Crippen molar-refractivity contribution in [3.05, 3.63) is 0 Å². The first-order valence-electron chi connectivity index (χ1n) is 5.99. The molecule has 16 heavy (non-hydrogen) atoms. The third-order valence-electron chi connectivity index (χ3n) is 3.80. The lowest BCUT2D eigenvalue weighted by atomic mass is 10.0. The van der Waals surface area contributed by atoms with E-state index < -0.39 is 0 Å². The van der Waals surface area contributed by atoms with Crippen LogP contribution in [0.15, 0.2) is 0 Å². The zero-order chi connectivity index (χ0) is 11.6. The first-order chi connectivity index (χ1) is 7.65. The molecule has 2 fully saturated rings. The van der Waals surface area contributed by atoms with Crippen LogP contribution >= 0.6 is 0 Å². The van der Waals surface area contributed by atoms with Gasteiger partial charge in [0.2, 0.25) is 5.91 Å². The SMILES string of the molecule is CN1CC(NCC2(CC#N)CC2)CCC1=O. The molecule has 0 spiro atoms. The second-order valence-electron chi connectivity index (χ2n) is 5.23. The van der Waals surface area contributed by atoms with Gasteiger partial charge in [-0.25, -0.2) is 0 Å². The van der Waals surface area contributed by atoms with Gasteiger partial charge >= 0.3 is 0 Å². The fourth-order valence-corrected chi connectivity index (χ4v) is 2.30. The summed E-state index contributed by atoms with van der Waals surface area (Å²) >= 11 is 0. The summed E-state index contributed by atoms with van der Waals surface area (Å²) in [5, 5.41) is 12.2. The number of hydrogen-bond acceptors (Lipinski definition) is 3. The van der Waals surface area contributed by atoms with Crippen molar-refractivity contribution in [3.63, 3.8) is 0 Å². The molecule has 0 bridgehead atoms. The summed E-state index contributed by atoms with van der Waals surface area (Å²) in [4.78, 5) is 13.1. The van der Waals surface area contributed by atoms with Crippen molar-refractivity contribution in [2.24, 2.45) is 5.41 Å². The van der Waals surface area contributed by atoms with Gasteiger partial charge in [0.15, 0.2) is 0 Å². The van der Waals surface area contributed by atoms with E-state index in [-0.39, 0.29) is 11.3 Å². The molecule has 0 aromatic heterocycles. The van der Waals surface area contributed by atoms with Crippen molar-refractivity contribution in [3.8, 4) is 6.07 Å². The molecule has 88 valence electrons. The van der Waals surface area contributed by atoms with Crippen molar-refractivity contribution >= 4 is 5.91 Å². The first-order valence-corrected chi connectivity index (χ1v) is 5.99. The Morgan fingerprint density at radius 2 is 2.38 bits per heavy atom. The predicted molar refractivity (Wildman–Crippen MR) is 60.6 cm³/mol. The number of piperidine rings is 1. The minimum absolute atomic E-state index is 0.246. The smallest absolute Gasteiger partial charge is 0.222 e. The van der Waals surface area contributed by atoms with Gasteiger partial charge in [-0.15, -0.1) is 0 Å². The van der Waals surface area contributed by atoms with Crippen LogP contribution in [0.5, 0.6) is 0 Å². The number of nitrogens with one attached hydrogen (secondary N) is 1. The molecule has 4 nitrogen and oxygen atoms in total. The lowest BCUT2D eigenvalue weighted by molar-refractivity contribution is -0.132. The van der Waals surface area contributed by atoms with E-state index in [0.717, 1.165) is 19.5 Å². The van der Waals surface area contributed by atoms with Crippen LogP contribution in [-0.2, 0) is 4.79 Å². The first kappa shape index (κ1) is 11.4. The minimum Gasteiger partial charge on any atom is -0.344 e. The molecule has 4 heteroatoms. The Morgan fingerprint density at radius 1 is 1.62 bits per heavy atom. The molecular formula is C12H19N3O. The third-order valence-corrected chi connectivity index (χ3v) is 3.80. The van der Waals surface area contributed by atoms with Gasteiger partial charge < -0.3 is 10.2 Å². The van der Waals surface area contributed by atoms with Gasteiger partial charge in [0.05, 0.1) is 6.07 Å². The van der Waals surface area contributed by atoms with Gasteiger partial charge in [-0.05, 0) is 24.7 Å². The highest BCUT2D eigenvalue weighted by Gasteiger charge is 2.42. The van der Waals surface area contributed by atoms with Crippen LogP contribution in [0.25, 0.3) is 0 Å². The van der Waals surface area contributed by atoms with E-state index in [9.17, 15) is 4.79 Å². The third kappa shape index (κ3) is 2.53. The number of rotatable bonds is 4. The summed E-state index contributed by atoms with van der Waals surface area (Å²) in [6, 6.07) is 2.69. The summed E-state index contributed by atoms with van der Waals surface area (Å²) in [7, 11) is 1.86. The monoisotopic (exact) mass is 221 g/mol. The van der Waals surface area contributed by atoms with E-state index in [2.05, 4.69) is 11.4 Å². The highest BCUT2D eigenvalue weighted by molar-refractivity contribution is 5.76. The minimum atomic E-state index is 0.246. The summed E-state index contributed by atoms with van der Waals surface area (Å²) in [5.41, 5.74) is 0.259. The number of amides is 1. The molecule has 1 amide bonds. The van der Waals surface area contributed by atoms with Crippen LogP contribution in [-0.4, -0.2) is 37.0 Å². The van der Waals surface area contributed by atoms with Crippen LogP contribution in [0.1, 0.15) is 32.1 Å². The fourth-order valence-electron chi connectivity index (χ4n) is 2.30. The van der Waals surface area contributed by atoms with E-state index in [0.29, 0.717) is 18.9 Å². The highest BCUT2D eigenvalue weighted by atomic mass is 16.2. The molecule has 1 aliphatic carbocycles. The zero-order valence-electron chi connectivity index (χ0n) is 9.83. The summed E-state index contributed by atoms with van der Waals surface area (Å²) in [6.45, 7) is 1.74. The average molecular weight is 221 g/mol. The fraction of sp³-hybridized carbons (Fsp3) is 0.833. The Kier molecular flexibility index (Phi) is 3.15. The molecule has 1 saturated heterocycles. The molecule has 2 aliphatic rings. The second-order valence-corrected chi connectivity index (χ2v) is 5.23. The average Bonchev–Trinajstić information content (AvgIpc) is 3.01. The number of nitriles is 1. The number of hydrogen-bond donors (Lipinski definition) is 1. The number of likely N-dealkylation sites (N-methyl/N-ethyl adjacent to an activating group) is 1. The van der Waals surface area contributed by atoms with Crippen molar-refractivity contribution in [2.75, 3.05) is 20.1 Å². The van der Waals surface area contributed by atoms with Crippen molar-refractivity contribution in [1.82, 2.24) is 10.2 Å². The molecule has 0 aromatic carbocycles. The van der Waals surface area contributed by atoms with Crippen LogP contribution in [0, 0.1) is 16.7 Å². The quantitative estimate of drug-likeness (QED) is 0.767. The zero-order valence-corrected chi connectivity index (χ0v) is 9.83. The van der Waals surface area contributed by atoms with Crippen LogP contribution in [0.2, 0.25) is 0 Å². The number of likely N-dealkylation sites (tertiary alicyclic amines) is 1. The molecule has 1 N–H and O–H groups in total. The van der Waals surface area contributed by atoms with Crippen molar-refractivity contribution in [2.45, 2.75) is 38.1 Å². The lowest BCUT2D eigenvalue weighted by Crippen LogP contribution is -2.47. The summed E-state index contributed by atoms with van der Waals surface area (Å²) in [5.74, 6) is 0.246. The maximum absolute atomic E-state index is 11.3. The second kappa shape index (κ2) is 4.42. The van der Waals surface area contributed by atoms with E-state index in [1.165, 1.54) is 12.8 Å². The maximum Gasteiger partial charge on any atom is 0.222 e. The summed E-state index contributed by atoms with van der Waals surface area (Å²) < 4.78 is 0. The Hall–Kier alpha value is -1.08. The molecule has 0 aromatic rings. The Bertz CT molecular complexity index is 317. The van der Waals surface area contributed by atoms with Gasteiger partial charge in [0.25, 0.3) is 0 Å². The van der Waals surface area contributed by atoms with Crippen LogP contribution in [0.3, 0.4) is 0 Å². The van der Waals surface area contributed by atoms with Gasteiger partial charge in [-0.2, -0.15) is 5.26 Å². The van der Waals surface area contributed by atoms with Gasteiger partial charge in [0, 0.05) is 39.0 Å². The maximum atomic E-state index is 11.3. The van der Waals surface area contributed by atoms with E-state index in [1.54, 1.807) is 4.90 Å². The van der Waals surface area contributed by atoms with Crippen LogP contribution < -0.4 is 5.32 Å². The highest BCUT2D eigenvalue weighted by Crippen LogP contribution is 2.47. The van der Waals surface area contributed by atoms with Crippen molar-refractivity contribution < 1.29 is 4.79 Å². The van der Waals surface area contributed by atoms with Crippen LogP contribution in [0.4, 0.5) is 0 Å². The van der Waals surface area contributed by atoms with E-state index in [1.807, 2.05) is 7.05 Å². The molecular weight excluding hydrogens is 202 g/mol. The largest absolute Gasteiger partial charge is 0.344 e. The molecule has 2 rings (SSSR count). The van der Waals surface area contributed by atoms with Gasteiger partial charge in [-0.1, -0.05) is 0 Å². The normalized spacial score (nSPS) is 27.6. The molecule has 1 unspecified atom stereocenters. The Balaban J connectivity index is 1.75. The standard InChI is InChI=1S/C12H19N3O/c1-15-8-10(2-3-11(15)16)14-9-12(4-5-12)6-7-13/h10,14H,2-6,8-9H2,1H3. The molecule has 1 heterocycles. The Labute approximate surface area is 96.6 Å². The van der Waals surface area contributed by atoms with Gasteiger partial charge in [-0.3, -0.25) is 4.79 Å². The molecule has 1 aliphatic heterocycles. The van der Waals surface area contributed by atoms with Gasteiger partial charge in [0.1, 0.15) is 0 Å². The number of carbonyl (C=O) groups excluding carboxylic acids is 1. The molecule has 0 radical (unpaired) electrons. The van der Waals surface area contributed by atoms with E-state index in [4.69, 9.17) is 5.26 Å². The van der Waals surface area contributed by atoms with Crippen molar-refractivity contribution in [1.29, 1.82) is 5.26 Å². The molecule has 1 atom stereocenters. The number of nitrogens with zero attached hydrogens (tertiary/aromatic N) is 2. The lowest BCUT2D eigenvalue weighted by Gasteiger charge is -2.31. The number of carbonyl (C=O) groups is 1. The Morgan fingerprint density at radius 3 is 2.94 bits per heavy atom. The topological polar surface area (TPSA) is 56.1 Å².